The highest BCUT2D eigenvalue weighted by atomic mass is 15.1. The van der Waals surface area contributed by atoms with Crippen LogP contribution in [0, 0.1) is 6.92 Å². The Labute approximate surface area is 111 Å². The normalized spacial score (nSPS) is 11.4. The summed E-state index contributed by atoms with van der Waals surface area (Å²) in [6.07, 6.45) is 3.46. The molecule has 0 aliphatic carbocycles. The molecule has 0 aliphatic heterocycles. The first-order valence-corrected chi connectivity index (χ1v) is 6.42. The maximum absolute atomic E-state index is 4.48. The zero-order valence-electron chi connectivity index (χ0n) is 11.3. The number of hydrogen-bond donors (Lipinski definition) is 1. The van der Waals surface area contributed by atoms with Crippen LogP contribution in [0.1, 0.15) is 31.0 Å². The highest BCUT2D eigenvalue weighted by Crippen LogP contribution is 2.30. The van der Waals surface area contributed by atoms with E-state index in [0.717, 1.165) is 27.9 Å². The second-order valence-corrected chi connectivity index (χ2v) is 5.05. The number of aryl methyl sites for hydroxylation is 1. The molecule has 0 amide bonds. The van der Waals surface area contributed by atoms with E-state index in [-0.39, 0.29) is 0 Å². The van der Waals surface area contributed by atoms with Crippen molar-refractivity contribution in [3.05, 3.63) is 42.0 Å². The van der Waals surface area contributed by atoms with Crippen LogP contribution in [0.15, 0.2) is 30.7 Å². The van der Waals surface area contributed by atoms with Gasteiger partial charge in [-0.2, -0.15) is 5.10 Å². The van der Waals surface area contributed by atoms with E-state index >= 15 is 0 Å². The summed E-state index contributed by atoms with van der Waals surface area (Å²) in [5, 5.41) is 8.16. The third-order valence-electron chi connectivity index (χ3n) is 3.38. The van der Waals surface area contributed by atoms with Crippen LogP contribution in [0.3, 0.4) is 0 Å². The quantitative estimate of drug-likeness (QED) is 0.760. The van der Waals surface area contributed by atoms with Crippen molar-refractivity contribution in [3.63, 3.8) is 0 Å². The summed E-state index contributed by atoms with van der Waals surface area (Å²) in [6.45, 7) is 6.38. The molecule has 0 radical (unpaired) electrons. The first-order valence-electron chi connectivity index (χ1n) is 6.42. The van der Waals surface area contributed by atoms with Crippen LogP contribution in [0.25, 0.3) is 22.2 Å². The first-order chi connectivity index (χ1) is 9.16. The van der Waals surface area contributed by atoms with Gasteiger partial charge in [0, 0.05) is 22.2 Å². The third-order valence-corrected chi connectivity index (χ3v) is 3.38. The number of nitrogens with zero attached hydrogens (tertiary/aromatic N) is 3. The van der Waals surface area contributed by atoms with Gasteiger partial charge in [-0.15, -0.1) is 0 Å². The van der Waals surface area contributed by atoms with Crippen molar-refractivity contribution in [2.24, 2.45) is 0 Å². The molecule has 2 heterocycles. The lowest BCUT2D eigenvalue weighted by molar-refractivity contribution is 0.833. The second kappa shape index (κ2) is 4.46. The summed E-state index contributed by atoms with van der Waals surface area (Å²) in [5.41, 5.74) is 5.40. The van der Waals surface area contributed by atoms with E-state index in [9.17, 15) is 0 Å². The first kappa shape index (κ1) is 11.8. The third kappa shape index (κ3) is 1.99. The largest absolute Gasteiger partial charge is 0.278 e. The number of rotatable bonds is 2. The number of hydrogen-bond acceptors (Lipinski definition) is 3. The van der Waals surface area contributed by atoms with Crippen LogP contribution in [-0.4, -0.2) is 20.2 Å². The molecule has 0 spiro atoms. The van der Waals surface area contributed by atoms with E-state index in [2.05, 4.69) is 52.2 Å². The van der Waals surface area contributed by atoms with Gasteiger partial charge < -0.3 is 0 Å². The van der Waals surface area contributed by atoms with Crippen molar-refractivity contribution < 1.29 is 0 Å². The average molecular weight is 252 g/mol. The molecule has 0 saturated carbocycles. The predicted molar refractivity (Wildman–Crippen MR) is 75.9 cm³/mol. The number of benzene rings is 1. The number of aromatic amines is 1. The zero-order chi connectivity index (χ0) is 13.4. The summed E-state index contributed by atoms with van der Waals surface area (Å²) >= 11 is 0. The van der Waals surface area contributed by atoms with Crippen molar-refractivity contribution in [1.82, 2.24) is 20.2 Å². The molecule has 1 aromatic carbocycles. The van der Waals surface area contributed by atoms with Crippen LogP contribution < -0.4 is 0 Å². The topological polar surface area (TPSA) is 54.5 Å². The fraction of sp³-hybridized carbons (Fsp3) is 0.267. The lowest BCUT2D eigenvalue weighted by Crippen LogP contribution is -2.01. The molecule has 0 fully saturated rings. The fourth-order valence-electron chi connectivity index (χ4n) is 2.49. The monoisotopic (exact) mass is 252 g/mol. The van der Waals surface area contributed by atoms with E-state index in [1.807, 2.05) is 13.1 Å². The molecule has 0 atom stereocenters. The molecule has 19 heavy (non-hydrogen) atoms. The Morgan fingerprint density at radius 3 is 2.79 bits per heavy atom. The zero-order valence-corrected chi connectivity index (χ0v) is 11.3. The summed E-state index contributed by atoms with van der Waals surface area (Å²) in [6, 6.07) is 6.25. The van der Waals surface area contributed by atoms with E-state index in [1.165, 1.54) is 5.56 Å². The number of aromatic nitrogens is 4. The van der Waals surface area contributed by atoms with Gasteiger partial charge in [0.15, 0.2) is 0 Å². The second-order valence-electron chi connectivity index (χ2n) is 5.05. The Bertz CT molecular complexity index is 728. The summed E-state index contributed by atoms with van der Waals surface area (Å²) in [7, 11) is 0. The fourth-order valence-corrected chi connectivity index (χ4v) is 2.49. The highest BCUT2D eigenvalue weighted by molar-refractivity contribution is 5.83. The Balaban J connectivity index is 2.23. The van der Waals surface area contributed by atoms with Crippen LogP contribution in [0.5, 0.6) is 0 Å². The molecule has 2 aromatic heterocycles. The molecule has 0 unspecified atom stereocenters. The van der Waals surface area contributed by atoms with Crippen LogP contribution >= 0.6 is 0 Å². The minimum atomic E-state index is 0.397. The Kier molecular flexibility index (Phi) is 2.78. The SMILES string of the molecule is Cc1ncnc(-c2ccc3cn[nH]c3c2)c1C(C)C. The van der Waals surface area contributed by atoms with Gasteiger partial charge >= 0.3 is 0 Å². The van der Waals surface area contributed by atoms with Crippen molar-refractivity contribution in [2.75, 3.05) is 0 Å². The number of nitrogens with one attached hydrogen (secondary N) is 1. The molecule has 1 N–H and O–H groups in total. The van der Waals surface area contributed by atoms with E-state index in [4.69, 9.17) is 0 Å². The molecule has 0 bridgehead atoms. The Morgan fingerprint density at radius 2 is 2.00 bits per heavy atom. The highest BCUT2D eigenvalue weighted by Gasteiger charge is 2.14. The molecule has 3 rings (SSSR count). The smallest absolute Gasteiger partial charge is 0.116 e. The minimum Gasteiger partial charge on any atom is -0.278 e. The standard InChI is InChI=1S/C15H16N4/c1-9(2)14-10(3)16-8-17-15(14)11-4-5-12-7-18-19-13(12)6-11/h4-9H,1-3H3,(H,18,19). The van der Waals surface area contributed by atoms with Crippen LogP contribution in [0.4, 0.5) is 0 Å². The number of fused-ring (bicyclic) bond motifs is 1. The van der Waals surface area contributed by atoms with Gasteiger partial charge in [-0.05, 0) is 18.9 Å². The molecular formula is C15H16N4. The molecule has 4 heteroatoms. The Morgan fingerprint density at radius 1 is 1.16 bits per heavy atom. The van der Waals surface area contributed by atoms with Gasteiger partial charge in [-0.3, -0.25) is 5.10 Å². The van der Waals surface area contributed by atoms with Crippen molar-refractivity contribution in [3.8, 4) is 11.3 Å². The van der Waals surface area contributed by atoms with E-state index in [0.29, 0.717) is 5.92 Å². The van der Waals surface area contributed by atoms with Gasteiger partial charge in [0.2, 0.25) is 0 Å². The lowest BCUT2D eigenvalue weighted by Gasteiger charge is -2.14. The van der Waals surface area contributed by atoms with Gasteiger partial charge in [0.1, 0.15) is 6.33 Å². The van der Waals surface area contributed by atoms with Gasteiger partial charge in [0.25, 0.3) is 0 Å². The van der Waals surface area contributed by atoms with Crippen molar-refractivity contribution in [1.29, 1.82) is 0 Å². The van der Waals surface area contributed by atoms with Gasteiger partial charge in [0.05, 0.1) is 17.4 Å². The molecule has 3 aromatic rings. The Hall–Kier alpha value is -2.23. The average Bonchev–Trinajstić information content (AvgIpc) is 2.85. The predicted octanol–water partition coefficient (Wildman–Crippen LogP) is 3.45. The maximum atomic E-state index is 4.48. The summed E-state index contributed by atoms with van der Waals surface area (Å²) in [4.78, 5) is 8.78. The van der Waals surface area contributed by atoms with E-state index < -0.39 is 0 Å². The maximum Gasteiger partial charge on any atom is 0.116 e. The molecule has 96 valence electrons. The molecule has 4 nitrogen and oxygen atoms in total. The molecular weight excluding hydrogens is 236 g/mol. The van der Waals surface area contributed by atoms with Gasteiger partial charge in [-0.1, -0.05) is 26.0 Å². The molecule has 0 aliphatic rings. The minimum absolute atomic E-state index is 0.397. The van der Waals surface area contributed by atoms with Crippen molar-refractivity contribution in [2.45, 2.75) is 26.7 Å². The van der Waals surface area contributed by atoms with Crippen LogP contribution in [-0.2, 0) is 0 Å². The summed E-state index contributed by atoms with van der Waals surface area (Å²) < 4.78 is 0. The van der Waals surface area contributed by atoms with E-state index in [1.54, 1.807) is 6.33 Å². The lowest BCUT2D eigenvalue weighted by atomic mass is 9.95. The molecule has 0 saturated heterocycles. The van der Waals surface area contributed by atoms with Gasteiger partial charge in [-0.25, -0.2) is 9.97 Å². The number of H-pyrrole nitrogens is 1. The van der Waals surface area contributed by atoms with Crippen molar-refractivity contribution >= 4 is 10.9 Å². The van der Waals surface area contributed by atoms with Crippen LogP contribution in [0.2, 0.25) is 0 Å². The summed E-state index contributed by atoms with van der Waals surface area (Å²) in [5.74, 6) is 0.397.